The smallest absolute Gasteiger partial charge is 0.358 e. The molecule has 584 valence electrons. The van der Waals surface area contributed by atoms with Crippen molar-refractivity contribution < 1.29 is 50.6 Å². The van der Waals surface area contributed by atoms with E-state index < -0.39 is 48.3 Å². The molecule has 8 heterocycles. The number of nitrogens with one attached hydrogen (secondary N) is 3. The highest BCUT2D eigenvalue weighted by Gasteiger charge is 2.39. The molecule has 0 spiro atoms. The summed E-state index contributed by atoms with van der Waals surface area (Å²) in [5.41, 5.74) is 13.1. The van der Waals surface area contributed by atoms with Crippen molar-refractivity contribution in [2.75, 3.05) is 54.5 Å². The quantitative estimate of drug-likeness (QED) is 0.0699. The minimum Gasteiger partial charge on any atom is -0.497 e. The molecular formula is C82H108N14O11S2. The van der Waals surface area contributed by atoms with Crippen LogP contribution in [0.1, 0.15) is 247 Å². The first kappa shape index (κ1) is 79.5. The van der Waals surface area contributed by atoms with Crippen LogP contribution in [0.4, 0.5) is 0 Å². The monoisotopic (exact) mass is 1530 g/mol. The van der Waals surface area contributed by atoms with E-state index in [0.29, 0.717) is 71.8 Å². The molecule has 4 atom stereocenters. The Balaban J connectivity index is 0.000000184. The maximum Gasteiger partial charge on any atom is 0.358 e. The molecule has 0 unspecified atom stereocenters. The molecule has 14 rings (SSSR count). The third kappa shape index (κ3) is 16.0. The summed E-state index contributed by atoms with van der Waals surface area (Å²) < 4.78 is 74.4. The van der Waals surface area contributed by atoms with Crippen molar-refractivity contribution in [3.05, 3.63) is 129 Å². The first-order valence-electron chi connectivity index (χ1n) is 38.6. The number of allylic oxidation sites excluding steroid dienone is 2. The van der Waals surface area contributed by atoms with E-state index in [4.69, 9.17) is 9.47 Å². The molecule has 4 N–H and O–H groups in total. The lowest BCUT2D eigenvalue weighted by molar-refractivity contribution is 0.0409. The van der Waals surface area contributed by atoms with Crippen molar-refractivity contribution in [2.45, 2.75) is 219 Å². The Morgan fingerprint density at radius 3 is 1.29 bits per heavy atom. The zero-order valence-corrected chi connectivity index (χ0v) is 67.6. The van der Waals surface area contributed by atoms with Crippen LogP contribution in [0, 0.1) is 0 Å². The molecule has 0 radical (unpaired) electrons. The number of fused-ring (bicyclic) bond motifs is 10. The van der Waals surface area contributed by atoms with Crippen molar-refractivity contribution in [3.63, 3.8) is 0 Å². The average molecular weight is 1530 g/mol. The van der Waals surface area contributed by atoms with Crippen LogP contribution in [0.5, 0.6) is 11.5 Å². The lowest BCUT2D eigenvalue weighted by atomic mass is 9.81. The number of carboxylic acid groups (broad SMARTS) is 1. The second kappa shape index (κ2) is 32.5. The molecule has 25 nitrogen and oxygen atoms in total. The number of sulfonamides is 2. The van der Waals surface area contributed by atoms with Crippen LogP contribution in [0.2, 0.25) is 0 Å². The van der Waals surface area contributed by atoms with Crippen LogP contribution in [-0.2, 0) is 33.1 Å². The van der Waals surface area contributed by atoms with Crippen LogP contribution in [0.25, 0.3) is 67.6 Å². The minimum absolute atomic E-state index is 0.0924. The average Bonchev–Trinajstić information content (AvgIpc) is 1.57. The molecule has 8 aromatic rings. The van der Waals surface area contributed by atoms with Gasteiger partial charge in [-0.2, -0.15) is 0 Å². The molecule has 27 heteroatoms. The van der Waals surface area contributed by atoms with E-state index >= 15 is 0 Å². The standard InChI is InChI=1S/C41H53N7O5S.C34H39N5O6S.C7H16N2/c1-24(2)48-38(37(42-44-48)41(50)46-21-26(5)45(7)27(6)22-46)31-18-30-19-32(53-8)15-17-33(30)39-36(28-12-10-9-11-13-28)34-16-14-29(20-35(34)47(39)23-31)40(49)43-54(51,52)25(3)4;1-19(2)39-31(30(34(41)42)35-37-39)24-15-23-16-25(45-5)12-14-26(23)32-29(21-9-7-6-8-10-21)27-13-11-22(17-28(27)38(32)18-24)33(40)36-46(43,44)20(3)4;1-6-4-8-5-7(2)9(6)3/h14-20,24-28H,9-13,21-23H2,1-8H3,(H,43,49);11-17,19-21H,6-10,18H2,1-5H3,(H,36,40)(H,41,42);6-8H,4-5H2,1-3H3/t26-,27+;;6-,7+. The topological polar surface area (TPSA) is 292 Å². The van der Waals surface area contributed by atoms with Crippen LogP contribution in [-0.4, -0.2) is 189 Å². The van der Waals surface area contributed by atoms with Gasteiger partial charge in [-0.3, -0.25) is 24.2 Å². The Bertz CT molecular complexity index is 5070. The largest absolute Gasteiger partial charge is 0.497 e. The third-order valence-corrected chi connectivity index (χ3v) is 26.5. The number of carbonyl (C=O) groups is 4. The van der Waals surface area contributed by atoms with E-state index in [9.17, 15) is 41.1 Å². The zero-order chi connectivity index (χ0) is 78.4. The fourth-order valence-corrected chi connectivity index (χ4v) is 17.6. The lowest BCUT2D eigenvalue weighted by Gasteiger charge is -2.42. The Morgan fingerprint density at radius 2 is 0.917 bits per heavy atom. The van der Waals surface area contributed by atoms with Gasteiger partial charge in [-0.15, -0.1) is 10.2 Å². The van der Waals surface area contributed by atoms with Gasteiger partial charge in [-0.1, -0.05) is 61.1 Å². The highest BCUT2D eigenvalue weighted by atomic mass is 32.2. The van der Waals surface area contributed by atoms with E-state index in [2.05, 4.69) is 108 Å². The Morgan fingerprint density at radius 1 is 0.523 bits per heavy atom. The molecule has 109 heavy (non-hydrogen) atoms. The van der Waals surface area contributed by atoms with Gasteiger partial charge >= 0.3 is 5.97 Å². The lowest BCUT2D eigenvalue weighted by Crippen LogP contribution is -2.56. The van der Waals surface area contributed by atoms with Gasteiger partial charge in [0.2, 0.25) is 20.0 Å². The van der Waals surface area contributed by atoms with Gasteiger partial charge in [-0.05, 0) is 230 Å². The molecule has 0 bridgehead atoms. The highest BCUT2D eigenvalue weighted by molar-refractivity contribution is 7.90. The van der Waals surface area contributed by atoms with E-state index in [1.165, 1.54) is 37.8 Å². The number of aromatic nitrogens is 8. The van der Waals surface area contributed by atoms with Gasteiger partial charge in [0.05, 0.1) is 54.9 Å². The Kier molecular flexibility index (Phi) is 23.7. The molecule has 3 amide bonds. The predicted molar refractivity (Wildman–Crippen MR) is 428 cm³/mol. The predicted octanol–water partition coefficient (Wildman–Crippen LogP) is 13.3. The molecule has 6 aliphatic rings. The van der Waals surface area contributed by atoms with Crippen LogP contribution in [0.15, 0.2) is 72.8 Å². The van der Waals surface area contributed by atoms with Crippen molar-refractivity contribution in [1.29, 1.82) is 0 Å². The van der Waals surface area contributed by atoms with Crippen molar-refractivity contribution in [2.24, 2.45) is 0 Å². The van der Waals surface area contributed by atoms with Gasteiger partial charge in [0.15, 0.2) is 11.4 Å². The van der Waals surface area contributed by atoms with Crippen molar-refractivity contribution in [3.8, 4) is 34.0 Å². The fourth-order valence-electron chi connectivity index (χ4n) is 16.4. The van der Waals surface area contributed by atoms with Crippen molar-refractivity contribution >= 4 is 88.8 Å². The summed E-state index contributed by atoms with van der Waals surface area (Å²) >= 11 is 0. The summed E-state index contributed by atoms with van der Waals surface area (Å²) in [6, 6.07) is 24.4. The maximum absolute atomic E-state index is 14.5. The molecule has 2 saturated carbocycles. The van der Waals surface area contributed by atoms with Crippen LogP contribution >= 0.6 is 0 Å². The second-order valence-corrected chi connectivity index (χ2v) is 36.2. The first-order chi connectivity index (χ1) is 51.8. The first-order valence-corrected chi connectivity index (χ1v) is 41.7. The van der Waals surface area contributed by atoms with Gasteiger partial charge < -0.3 is 33.9 Å². The number of aromatic carboxylic acids is 1. The number of hydrogen-bond acceptors (Lipinski definition) is 17. The number of carboxylic acids is 1. The second-order valence-electron chi connectivity index (χ2n) is 31.7. The Hall–Kier alpha value is -9.02. The number of carbonyl (C=O) groups excluding carboxylic acids is 3. The SMILES string of the molecule is COc1ccc2c(c1)C=C(c1c(C(=O)N3C[C@@H](C)N(C)[C@@H](C)C3)nnn1C(C)C)Cn1c-2c(C2CCCCC2)c2ccc(C(=O)NS(=O)(=O)C(C)C)cc21.COc1ccc2c(c1)C=C(c1c(C(=O)O)nnn1C(C)C)Cn1c-2c(C2CCCCC2)c2ccc(C(=O)NS(=O)(=O)C(C)C)cc21.C[C@@H]1CNC[C@H](C)N1C. The number of amides is 3. The van der Waals surface area contributed by atoms with E-state index in [1.54, 1.807) is 50.9 Å². The van der Waals surface area contributed by atoms with Gasteiger partial charge in [-0.25, -0.2) is 40.4 Å². The number of likely N-dealkylation sites (N-methyl/N-ethyl adjacent to an activating group) is 2. The number of benzene rings is 4. The summed E-state index contributed by atoms with van der Waals surface area (Å²) in [6.07, 6.45) is 15.2. The van der Waals surface area contributed by atoms with Gasteiger partial charge in [0, 0.05) is 118 Å². The number of rotatable bonds is 16. The number of methoxy groups -OCH3 is 2. The Labute approximate surface area is 640 Å². The van der Waals surface area contributed by atoms with Gasteiger partial charge in [0.1, 0.15) is 17.2 Å². The van der Waals surface area contributed by atoms with Crippen molar-refractivity contribution in [1.82, 2.24) is 68.6 Å². The molecule has 4 aliphatic heterocycles. The fraction of sp³-hybridized carbons (Fsp3) is 0.512. The number of nitrogens with zero attached hydrogens (tertiary/aromatic N) is 11. The minimum atomic E-state index is -3.85. The molecule has 4 aromatic heterocycles. The zero-order valence-electron chi connectivity index (χ0n) is 65.9. The molecule has 4 fully saturated rings. The highest BCUT2D eigenvalue weighted by Crippen LogP contribution is 2.51. The molecule has 2 aliphatic carbocycles. The summed E-state index contributed by atoms with van der Waals surface area (Å²) in [5, 5.41) is 31.4. The van der Waals surface area contributed by atoms with E-state index in [0.717, 1.165) is 125 Å². The normalized spacial score (nSPS) is 19.5. The third-order valence-electron chi connectivity index (χ3n) is 23.1. The summed E-state index contributed by atoms with van der Waals surface area (Å²) in [7, 11) is -0.135. The molecule has 2 saturated heterocycles. The summed E-state index contributed by atoms with van der Waals surface area (Å²) in [6.45, 7) is 26.9. The summed E-state index contributed by atoms with van der Waals surface area (Å²) in [4.78, 5) is 60.4. The number of hydrogen-bond donors (Lipinski definition) is 4. The maximum atomic E-state index is 14.5. The van der Waals surface area contributed by atoms with Crippen LogP contribution in [0.3, 0.4) is 0 Å². The number of piperazine rings is 2. The summed E-state index contributed by atoms with van der Waals surface area (Å²) in [5.74, 6) is -0.730. The van der Waals surface area contributed by atoms with Gasteiger partial charge in [0.25, 0.3) is 17.7 Å². The molecular weight excluding hydrogens is 1420 g/mol. The number of ether oxygens (including phenoxy) is 2. The van der Waals surface area contributed by atoms with E-state index in [-0.39, 0.29) is 59.4 Å². The molecule has 4 aromatic carbocycles. The van der Waals surface area contributed by atoms with Crippen LogP contribution < -0.4 is 24.2 Å². The van der Waals surface area contributed by atoms with E-state index in [1.807, 2.05) is 91.9 Å².